The maximum absolute atomic E-state index is 14.4. The summed E-state index contributed by atoms with van der Waals surface area (Å²) < 4.78 is 7.24. The second kappa shape index (κ2) is 11.2. The number of amides is 3. The van der Waals surface area contributed by atoms with Gasteiger partial charge in [0, 0.05) is 13.1 Å². The number of hydrogen-bond donors (Lipinski definition) is 1. The molecule has 7 rings (SSSR count). The zero-order chi connectivity index (χ0) is 29.6. The maximum Gasteiger partial charge on any atom is 0.332 e. The number of urea groups is 1. The summed E-state index contributed by atoms with van der Waals surface area (Å²) in [6.45, 7) is 8.48. The second-order valence-corrected chi connectivity index (χ2v) is 12.5. The Kier molecular flexibility index (Phi) is 7.22. The molecule has 0 bridgehead atoms. The van der Waals surface area contributed by atoms with Crippen LogP contribution in [0.15, 0.2) is 91.5 Å². The number of carbonyl (C=O) groups excluding carboxylic acids is 2. The number of carbonyl (C=O) groups is 2. The monoisotopic (exact) mass is 594 g/mol. The zero-order valence-corrected chi connectivity index (χ0v) is 24.9. The number of piperazine rings is 1. The van der Waals surface area contributed by atoms with E-state index in [9.17, 15) is 9.59 Å². The summed E-state index contributed by atoms with van der Waals surface area (Å²) in [7, 11) is 0. The minimum atomic E-state index is -0.641. The predicted octanol–water partition coefficient (Wildman–Crippen LogP) is 4.67. The Labute approximate surface area is 254 Å². The summed E-state index contributed by atoms with van der Waals surface area (Å²) in [6.07, 6.45) is 1.45. The van der Waals surface area contributed by atoms with E-state index in [1.165, 1.54) is 0 Å². The van der Waals surface area contributed by atoms with E-state index in [-0.39, 0.29) is 18.1 Å². The highest BCUT2D eigenvalue weighted by molar-refractivity contribution is 7.18. The van der Waals surface area contributed by atoms with Crippen molar-refractivity contribution in [1.82, 2.24) is 30.1 Å². The summed E-state index contributed by atoms with van der Waals surface area (Å²) in [4.78, 5) is 37.0. The van der Waals surface area contributed by atoms with Crippen LogP contribution in [0.5, 0.6) is 0 Å². The molecule has 0 aliphatic carbocycles. The zero-order valence-electron chi connectivity index (χ0n) is 24.1. The van der Waals surface area contributed by atoms with Crippen LogP contribution in [0.3, 0.4) is 0 Å². The van der Waals surface area contributed by atoms with Gasteiger partial charge in [-0.3, -0.25) is 9.80 Å². The first kappa shape index (κ1) is 27.7. The molecule has 4 aromatic rings. The third kappa shape index (κ3) is 5.10. The Balaban J connectivity index is 1.24. The summed E-state index contributed by atoms with van der Waals surface area (Å²) in [5, 5.41) is 7.86. The third-order valence-electron chi connectivity index (χ3n) is 8.45. The van der Waals surface area contributed by atoms with Crippen LogP contribution in [-0.2, 0) is 22.6 Å². The van der Waals surface area contributed by atoms with Gasteiger partial charge in [0.15, 0.2) is 5.72 Å². The largest absolute Gasteiger partial charge is 0.352 e. The molecule has 0 radical (unpaired) electrons. The number of rotatable bonds is 8. The van der Waals surface area contributed by atoms with Crippen molar-refractivity contribution in [2.75, 3.05) is 26.2 Å². The van der Waals surface area contributed by atoms with Crippen LogP contribution >= 0.6 is 11.3 Å². The smallest absolute Gasteiger partial charge is 0.332 e. The van der Waals surface area contributed by atoms with Gasteiger partial charge in [-0.1, -0.05) is 78.9 Å². The van der Waals surface area contributed by atoms with Gasteiger partial charge in [0.1, 0.15) is 12.2 Å². The molecule has 10 heteroatoms. The molecule has 3 fully saturated rings. The van der Waals surface area contributed by atoms with Crippen LogP contribution in [-0.4, -0.2) is 74.9 Å². The Morgan fingerprint density at radius 1 is 1.14 bits per heavy atom. The molecule has 3 atom stereocenters. The molecular weight excluding hydrogens is 560 g/mol. The molecule has 220 valence electrons. The molecule has 9 nitrogen and oxygen atoms in total. The number of hydrazine groups is 1. The van der Waals surface area contributed by atoms with Gasteiger partial charge in [-0.05, 0) is 29.7 Å². The van der Waals surface area contributed by atoms with E-state index < -0.39 is 11.8 Å². The third-order valence-corrected chi connectivity index (χ3v) is 9.38. The molecule has 2 unspecified atom stereocenters. The molecule has 4 heterocycles. The Hall–Kier alpha value is -4.09. The molecule has 3 aliphatic heterocycles. The average molecular weight is 595 g/mol. The molecule has 1 aromatic heterocycles. The highest BCUT2D eigenvalue weighted by atomic mass is 32.1. The summed E-state index contributed by atoms with van der Waals surface area (Å²) >= 11 is 1.66. The Bertz CT molecular complexity index is 1660. The van der Waals surface area contributed by atoms with E-state index in [1.54, 1.807) is 22.4 Å². The molecule has 43 heavy (non-hydrogen) atoms. The van der Waals surface area contributed by atoms with Crippen LogP contribution < -0.4 is 5.32 Å². The number of epoxide rings is 1. The highest BCUT2D eigenvalue weighted by Crippen LogP contribution is 2.49. The fraction of sp³-hybridized carbons (Fsp3) is 0.303. The van der Waals surface area contributed by atoms with Crippen LogP contribution in [0.1, 0.15) is 27.7 Å². The predicted molar refractivity (Wildman–Crippen MR) is 166 cm³/mol. The van der Waals surface area contributed by atoms with E-state index in [4.69, 9.17) is 9.72 Å². The van der Waals surface area contributed by atoms with Crippen molar-refractivity contribution in [2.24, 2.45) is 0 Å². The minimum Gasteiger partial charge on any atom is -0.352 e. The van der Waals surface area contributed by atoms with Crippen LogP contribution in [0.4, 0.5) is 4.79 Å². The number of ether oxygens (including phenoxy) is 1. The van der Waals surface area contributed by atoms with Crippen molar-refractivity contribution in [3.05, 3.63) is 113 Å². The van der Waals surface area contributed by atoms with Crippen LogP contribution in [0, 0.1) is 6.92 Å². The number of nitrogens with one attached hydrogen (secondary N) is 1. The number of aryl methyl sites for hydroxylation is 1. The number of para-hydroxylation sites is 1. The number of benzene rings is 3. The molecule has 3 aliphatic rings. The van der Waals surface area contributed by atoms with E-state index in [0.29, 0.717) is 39.3 Å². The molecule has 1 spiro atoms. The molecular formula is C33H34N6O3S. The first-order valence-electron chi connectivity index (χ1n) is 14.6. The van der Waals surface area contributed by atoms with Crippen LogP contribution in [0.25, 0.3) is 10.2 Å². The Morgan fingerprint density at radius 2 is 1.88 bits per heavy atom. The molecule has 1 N–H and O–H groups in total. The second-order valence-electron chi connectivity index (χ2n) is 11.3. The fourth-order valence-corrected chi connectivity index (χ4v) is 7.29. The van der Waals surface area contributed by atoms with E-state index in [2.05, 4.69) is 33.9 Å². The molecule has 3 amide bonds. The summed E-state index contributed by atoms with van der Waals surface area (Å²) in [5.74, 6) is 0.0203. The lowest BCUT2D eigenvalue weighted by molar-refractivity contribution is -0.156. The van der Waals surface area contributed by atoms with Gasteiger partial charge in [0.05, 0.1) is 41.5 Å². The summed E-state index contributed by atoms with van der Waals surface area (Å²) in [6, 6.07) is 25.1. The number of nitrogens with zero attached hydrogens (tertiary/aromatic N) is 5. The van der Waals surface area contributed by atoms with Crippen molar-refractivity contribution in [3.63, 3.8) is 0 Å². The van der Waals surface area contributed by atoms with Gasteiger partial charge in [0.25, 0.3) is 0 Å². The number of aromatic nitrogens is 1. The summed E-state index contributed by atoms with van der Waals surface area (Å²) in [5.41, 5.74) is 3.24. The minimum absolute atomic E-state index is 0.0203. The lowest BCUT2D eigenvalue weighted by Gasteiger charge is -2.47. The normalized spacial score (nSPS) is 23.5. The topological polar surface area (TPSA) is 84.6 Å². The SMILES string of the molecule is C=CCN(C(=O)NCc1ccccc1)N1CC2(CO2)N2C(c3ccccc3)C(=O)N(Cc3cccc4sc(C)nc34)C[C@H]12. The molecule has 3 aromatic carbocycles. The van der Waals surface area contributed by atoms with Gasteiger partial charge < -0.3 is 15.0 Å². The number of hydrogen-bond acceptors (Lipinski definition) is 7. The van der Waals surface area contributed by atoms with Crippen molar-refractivity contribution < 1.29 is 14.3 Å². The molecule has 3 saturated heterocycles. The average Bonchev–Trinajstić information content (AvgIpc) is 3.60. The van der Waals surface area contributed by atoms with Crippen LogP contribution in [0.2, 0.25) is 0 Å². The van der Waals surface area contributed by atoms with Gasteiger partial charge in [-0.15, -0.1) is 17.9 Å². The Morgan fingerprint density at radius 3 is 2.60 bits per heavy atom. The lowest BCUT2D eigenvalue weighted by atomic mass is 9.98. The van der Waals surface area contributed by atoms with E-state index in [0.717, 1.165) is 31.9 Å². The van der Waals surface area contributed by atoms with Gasteiger partial charge in [-0.25, -0.2) is 14.7 Å². The van der Waals surface area contributed by atoms with Crippen molar-refractivity contribution in [2.45, 2.75) is 37.9 Å². The van der Waals surface area contributed by atoms with Gasteiger partial charge in [0.2, 0.25) is 5.91 Å². The first-order chi connectivity index (χ1) is 21.0. The lowest BCUT2D eigenvalue weighted by Crippen LogP contribution is -2.63. The first-order valence-corrected chi connectivity index (χ1v) is 15.4. The fourth-order valence-electron chi connectivity index (χ4n) is 6.42. The van der Waals surface area contributed by atoms with Gasteiger partial charge >= 0.3 is 6.03 Å². The standard InChI is InChI=1S/C33H34N6O3S/c1-3-17-37(32(41)34-18-24-11-6-4-7-12-24)38-21-33(22-42-33)39-28(38)20-36(31(40)30(39)25-13-8-5-9-14-25)19-26-15-10-16-27-29(26)35-23(2)43-27/h3-16,28,30H,1,17-22H2,2H3,(H,34,41)/t28-,30?,33?/m1/s1. The number of thiazole rings is 1. The maximum atomic E-state index is 14.4. The highest BCUT2D eigenvalue weighted by Gasteiger charge is 2.67. The van der Waals surface area contributed by atoms with Crippen molar-refractivity contribution in [3.8, 4) is 0 Å². The number of fused-ring (bicyclic) bond motifs is 3. The quantitative estimate of drug-likeness (QED) is 0.236. The van der Waals surface area contributed by atoms with Gasteiger partial charge in [-0.2, -0.15) is 5.01 Å². The van der Waals surface area contributed by atoms with E-state index >= 15 is 0 Å². The van der Waals surface area contributed by atoms with E-state index in [1.807, 2.05) is 78.6 Å². The van der Waals surface area contributed by atoms with Crippen molar-refractivity contribution in [1.29, 1.82) is 0 Å². The molecule has 0 saturated carbocycles. The van der Waals surface area contributed by atoms with Crippen molar-refractivity contribution >= 4 is 33.5 Å².